The summed E-state index contributed by atoms with van der Waals surface area (Å²) in [5, 5.41) is 0. The van der Waals surface area contributed by atoms with E-state index >= 15 is 0 Å². The van der Waals surface area contributed by atoms with Gasteiger partial charge in [0.25, 0.3) is 0 Å². The van der Waals surface area contributed by atoms with Crippen LogP contribution in [0.1, 0.15) is 271 Å². The van der Waals surface area contributed by atoms with Crippen molar-refractivity contribution in [3.63, 3.8) is 0 Å². The summed E-state index contributed by atoms with van der Waals surface area (Å²) >= 11 is 0. The van der Waals surface area contributed by atoms with Gasteiger partial charge in [-0.25, -0.2) is 0 Å². The molecule has 0 aromatic carbocycles. The highest BCUT2D eigenvalue weighted by molar-refractivity contribution is 5.71. The van der Waals surface area contributed by atoms with Gasteiger partial charge in [0, 0.05) is 19.3 Å². The number of carbonyl (C=O) groups excluding carboxylic acids is 3. The molecule has 0 saturated heterocycles. The fraction of sp³-hybridized carbons (Fsp3) is 0.804. The summed E-state index contributed by atoms with van der Waals surface area (Å²) < 4.78 is 16.7. The maximum absolute atomic E-state index is 12.8. The van der Waals surface area contributed by atoms with Gasteiger partial charge in [0.1, 0.15) is 13.2 Å². The van der Waals surface area contributed by atoms with Gasteiger partial charge in [-0.3, -0.25) is 14.4 Å². The zero-order chi connectivity index (χ0) is 45.1. The minimum atomic E-state index is -0.775. The van der Waals surface area contributed by atoms with Gasteiger partial charge >= 0.3 is 17.9 Å². The van der Waals surface area contributed by atoms with Gasteiger partial charge in [-0.05, 0) is 83.5 Å². The molecule has 0 heterocycles. The molecule has 0 amide bonds. The van der Waals surface area contributed by atoms with Gasteiger partial charge in [-0.2, -0.15) is 0 Å². The van der Waals surface area contributed by atoms with Gasteiger partial charge in [0.05, 0.1) is 0 Å². The molecule has 0 aliphatic rings. The van der Waals surface area contributed by atoms with Crippen LogP contribution < -0.4 is 0 Å². The lowest BCUT2D eigenvalue weighted by Gasteiger charge is -2.18. The normalized spacial score (nSPS) is 12.4. The summed E-state index contributed by atoms with van der Waals surface area (Å²) in [5.41, 5.74) is 0. The lowest BCUT2D eigenvalue weighted by atomic mass is 10.1. The zero-order valence-electron chi connectivity index (χ0n) is 41.1. The summed E-state index contributed by atoms with van der Waals surface area (Å²) in [6.07, 6.45) is 61.2. The van der Waals surface area contributed by atoms with Crippen molar-refractivity contribution in [3.8, 4) is 0 Å². The number of carbonyl (C=O) groups is 3. The number of hydrogen-bond donors (Lipinski definition) is 0. The average molecular weight is 869 g/mol. The molecule has 0 radical (unpaired) electrons. The fourth-order valence-corrected chi connectivity index (χ4v) is 7.50. The van der Waals surface area contributed by atoms with E-state index in [1.54, 1.807) is 0 Å². The maximum atomic E-state index is 12.8. The van der Waals surface area contributed by atoms with Crippen LogP contribution in [0.2, 0.25) is 0 Å². The van der Waals surface area contributed by atoms with Crippen LogP contribution in [0.25, 0.3) is 0 Å². The number of rotatable bonds is 48. The van der Waals surface area contributed by atoms with Crippen molar-refractivity contribution in [2.24, 2.45) is 0 Å². The van der Waals surface area contributed by atoms with Crippen molar-refractivity contribution in [1.29, 1.82) is 0 Å². The lowest BCUT2D eigenvalue weighted by Crippen LogP contribution is -2.30. The number of ether oxygens (including phenoxy) is 3. The second-order valence-corrected chi connectivity index (χ2v) is 17.8. The first kappa shape index (κ1) is 59.4. The third-order valence-corrected chi connectivity index (χ3v) is 11.6. The number of unbranched alkanes of at least 4 members (excludes halogenated alkanes) is 29. The van der Waals surface area contributed by atoms with Crippen LogP contribution in [-0.2, 0) is 28.6 Å². The molecule has 6 heteroatoms. The van der Waals surface area contributed by atoms with Crippen molar-refractivity contribution >= 4 is 17.9 Å². The van der Waals surface area contributed by atoms with Crippen molar-refractivity contribution < 1.29 is 28.6 Å². The molecule has 0 N–H and O–H groups in total. The van der Waals surface area contributed by atoms with E-state index in [2.05, 4.69) is 69.4 Å². The lowest BCUT2D eigenvalue weighted by molar-refractivity contribution is -0.167. The van der Waals surface area contributed by atoms with Crippen molar-refractivity contribution in [2.75, 3.05) is 13.2 Å². The maximum Gasteiger partial charge on any atom is 0.306 e. The fourth-order valence-electron chi connectivity index (χ4n) is 7.50. The van der Waals surface area contributed by atoms with Gasteiger partial charge < -0.3 is 14.2 Å². The largest absolute Gasteiger partial charge is 0.462 e. The molecule has 0 aromatic rings. The Kier molecular flexibility index (Phi) is 48.8. The monoisotopic (exact) mass is 869 g/mol. The molecule has 1 unspecified atom stereocenters. The van der Waals surface area contributed by atoms with E-state index in [-0.39, 0.29) is 31.1 Å². The highest BCUT2D eigenvalue weighted by Gasteiger charge is 2.19. The minimum absolute atomic E-state index is 0.0775. The third kappa shape index (κ3) is 48.4. The molecule has 62 heavy (non-hydrogen) atoms. The first-order valence-electron chi connectivity index (χ1n) is 26.6. The van der Waals surface area contributed by atoms with Crippen LogP contribution in [0.15, 0.2) is 48.6 Å². The summed E-state index contributed by atoms with van der Waals surface area (Å²) in [4.78, 5) is 37.8. The summed E-state index contributed by atoms with van der Waals surface area (Å²) in [5.74, 6) is -0.895. The van der Waals surface area contributed by atoms with E-state index in [0.717, 1.165) is 77.0 Å². The van der Waals surface area contributed by atoms with E-state index in [1.807, 2.05) is 0 Å². The van der Waals surface area contributed by atoms with E-state index in [1.165, 1.54) is 154 Å². The highest BCUT2D eigenvalue weighted by atomic mass is 16.6. The molecule has 1 atom stereocenters. The molecule has 0 fully saturated rings. The quantitative estimate of drug-likeness (QED) is 0.0262. The Balaban J connectivity index is 4.21. The molecule has 0 spiro atoms. The molecule has 360 valence electrons. The van der Waals surface area contributed by atoms with Crippen molar-refractivity contribution in [3.05, 3.63) is 48.6 Å². The number of esters is 3. The van der Waals surface area contributed by atoms with Crippen LogP contribution in [-0.4, -0.2) is 37.2 Å². The first-order chi connectivity index (χ1) is 30.5. The topological polar surface area (TPSA) is 78.9 Å². The van der Waals surface area contributed by atoms with Crippen molar-refractivity contribution in [2.45, 2.75) is 277 Å². The summed E-state index contributed by atoms with van der Waals surface area (Å²) in [6, 6.07) is 0. The second kappa shape index (κ2) is 51.0. The summed E-state index contributed by atoms with van der Waals surface area (Å²) in [6.45, 7) is 6.55. The third-order valence-electron chi connectivity index (χ3n) is 11.6. The SMILES string of the molecule is CCCCC/C=C\C/C=C\C/C=C\CCCCCCCCC(=O)OCC(COC(=O)CCCCCCCC)OC(=O)CCCCCCCCCCC/C=C\CCCCCCCC. The molecule has 0 aliphatic carbocycles. The van der Waals surface area contributed by atoms with Crippen LogP contribution in [0, 0.1) is 0 Å². The predicted octanol–water partition coefficient (Wildman–Crippen LogP) is 17.5. The Morgan fingerprint density at radius 3 is 0.952 bits per heavy atom. The van der Waals surface area contributed by atoms with Gasteiger partial charge in [0.2, 0.25) is 0 Å². The van der Waals surface area contributed by atoms with E-state index in [0.29, 0.717) is 19.3 Å². The van der Waals surface area contributed by atoms with E-state index < -0.39 is 6.10 Å². The first-order valence-corrected chi connectivity index (χ1v) is 26.6. The zero-order valence-corrected chi connectivity index (χ0v) is 41.1. The Bertz CT molecular complexity index is 1090. The molecule has 0 rings (SSSR count). The Morgan fingerprint density at radius 2 is 0.581 bits per heavy atom. The second-order valence-electron chi connectivity index (χ2n) is 17.8. The Labute approximate surface area is 384 Å². The Hall–Kier alpha value is -2.63. The number of hydrogen-bond acceptors (Lipinski definition) is 6. The molecular weight excluding hydrogens is 769 g/mol. The van der Waals surface area contributed by atoms with E-state index in [9.17, 15) is 14.4 Å². The number of allylic oxidation sites excluding steroid dienone is 8. The standard InChI is InChI=1S/C56H100O6/c1-4-7-10-13-16-18-20-22-24-26-28-30-32-34-36-38-40-43-46-49-55(58)61-52-53(51-60-54(57)48-45-42-15-12-9-6-3)62-56(59)50-47-44-41-39-37-35-33-31-29-27-25-23-21-19-17-14-11-8-5-2/h16,18,22-25,28,30,53H,4-15,17,19-21,26-27,29,31-52H2,1-3H3/b18-16-,24-22-,25-23-,30-28-. The van der Waals surface area contributed by atoms with Crippen LogP contribution >= 0.6 is 0 Å². The van der Waals surface area contributed by atoms with Crippen LogP contribution in [0.5, 0.6) is 0 Å². The van der Waals surface area contributed by atoms with Crippen LogP contribution in [0.4, 0.5) is 0 Å². The molecular formula is C56H100O6. The van der Waals surface area contributed by atoms with Crippen LogP contribution in [0.3, 0.4) is 0 Å². The predicted molar refractivity (Wildman–Crippen MR) is 265 cm³/mol. The van der Waals surface area contributed by atoms with Gasteiger partial charge in [-0.1, -0.05) is 217 Å². The average Bonchev–Trinajstić information content (AvgIpc) is 3.27. The minimum Gasteiger partial charge on any atom is -0.462 e. The molecule has 0 bridgehead atoms. The highest BCUT2D eigenvalue weighted by Crippen LogP contribution is 2.15. The van der Waals surface area contributed by atoms with Gasteiger partial charge in [-0.15, -0.1) is 0 Å². The van der Waals surface area contributed by atoms with E-state index in [4.69, 9.17) is 14.2 Å². The molecule has 0 aliphatic heterocycles. The van der Waals surface area contributed by atoms with Crippen molar-refractivity contribution in [1.82, 2.24) is 0 Å². The van der Waals surface area contributed by atoms with Gasteiger partial charge in [0.15, 0.2) is 6.10 Å². The molecule has 6 nitrogen and oxygen atoms in total. The molecule has 0 aromatic heterocycles. The Morgan fingerprint density at radius 1 is 0.323 bits per heavy atom. The summed E-state index contributed by atoms with van der Waals surface area (Å²) in [7, 11) is 0. The smallest absolute Gasteiger partial charge is 0.306 e. The molecule has 0 saturated carbocycles.